The van der Waals surface area contributed by atoms with Crippen molar-refractivity contribution >= 4 is 22.6 Å². The summed E-state index contributed by atoms with van der Waals surface area (Å²) < 4.78 is 5.71. The highest BCUT2D eigenvalue weighted by Gasteiger charge is 2.25. The fraction of sp³-hybridized carbons (Fsp3) is 0.458. The molecule has 0 saturated heterocycles. The average molecular weight is 440 g/mol. The molecule has 1 fully saturated rings. The molecule has 1 aromatic carbocycles. The Morgan fingerprint density at radius 3 is 2.84 bits per heavy atom. The van der Waals surface area contributed by atoms with Gasteiger partial charge in [-0.25, -0.2) is 4.98 Å². The lowest BCUT2D eigenvalue weighted by atomic mass is 9.88. The number of nitrogens with zero attached hydrogens (tertiary/aromatic N) is 2. The molecule has 1 saturated carbocycles. The lowest BCUT2D eigenvalue weighted by molar-refractivity contribution is 0.238. The van der Waals surface area contributed by atoms with Crippen LogP contribution in [0.2, 0.25) is 5.02 Å². The van der Waals surface area contributed by atoms with Gasteiger partial charge in [0.15, 0.2) is 5.43 Å². The van der Waals surface area contributed by atoms with E-state index >= 15 is 0 Å². The third-order valence-electron chi connectivity index (χ3n) is 6.68. The van der Waals surface area contributed by atoms with E-state index in [2.05, 4.69) is 9.88 Å². The topological polar surface area (TPSA) is 79.2 Å². The quantitative estimate of drug-likeness (QED) is 0.652. The number of rotatable bonds is 3. The van der Waals surface area contributed by atoms with Crippen LogP contribution in [0.1, 0.15) is 66.2 Å². The molecule has 0 atom stereocenters. The lowest BCUT2D eigenvalue weighted by Crippen LogP contribution is -2.37. The van der Waals surface area contributed by atoms with E-state index < -0.39 is 0 Å². The van der Waals surface area contributed by atoms with Crippen LogP contribution in [0.5, 0.6) is 0 Å². The standard InChI is InChI=1S/C24H26ClN3O3/c1-14-9-21-17(10-19(14)25)22(29)16(13-31-21)11-28-8-7-20-18(12-28)24(30)27-23(26-20)15-5-3-2-4-6-15/h9-10,13,15H,2-8,11-12H2,1H3,(H,26,27,30). The summed E-state index contributed by atoms with van der Waals surface area (Å²) in [4.78, 5) is 35.8. The molecule has 2 aromatic heterocycles. The minimum atomic E-state index is -0.0753. The number of hydrogen-bond acceptors (Lipinski definition) is 5. The molecule has 5 rings (SSSR count). The van der Waals surface area contributed by atoms with Crippen LogP contribution in [-0.4, -0.2) is 21.4 Å². The fourth-order valence-corrected chi connectivity index (χ4v) is 5.01. The largest absolute Gasteiger partial charge is 0.464 e. The van der Waals surface area contributed by atoms with E-state index in [0.717, 1.165) is 42.0 Å². The third-order valence-corrected chi connectivity index (χ3v) is 7.08. The van der Waals surface area contributed by atoms with Crippen molar-refractivity contribution in [3.8, 4) is 0 Å². The van der Waals surface area contributed by atoms with Gasteiger partial charge >= 0.3 is 0 Å². The highest BCUT2D eigenvalue weighted by Crippen LogP contribution is 2.31. The zero-order chi connectivity index (χ0) is 21.5. The molecule has 0 spiro atoms. The van der Waals surface area contributed by atoms with Crippen molar-refractivity contribution in [2.45, 2.75) is 64.5 Å². The first-order chi connectivity index (χ1) is 15.0. The van der Waals surface area contributed by atoms with E-state index in [9.17, 15) is 9.59 Å². The van der Waals surface area contributed by atoms with Crippen molar-refractivity contribution < 1.29 is 4.42 Å². The van der Waals surface area contributed by atoms with Crippen LogP contribution >= 0.6 is 11.6 Å². The Balaban J connectivity index is 1.39. The highest BCUT2D eigenvalue weighted by atomic mass is 35.5. The first-order valence-corrected chi connectivity index (χ1v) is 11.4. The maximum atomic E-state index is 13.0. The van der Waals surface area contributed by atoms with E-state index in [1.54, 1.807) is 12.1 Å². The summed E-state index contributed by atoms with van der Waals surface area (Å²) in [6.07, 6.45) is 8.14. The molecule has 3 aromatic rings. The molecule has 7 heteroatoms. The Morgan fingerprint density at radius 2 is 2.03 bits per heavy atom. The van der Waals surface area contributed by atoms with Crippen LogP contribution in [0.4, 0.5) is 0 Å². The summed E-state index contributed by atoms with van der Waals surface area (Å²) in [5, 5.41) is 1.04. The highest BCUT2D eigenvalue weighted by molar-refractivity contribution is 6.32. The van der Waals surface area contributed by atoms with Gasteiger partial charge in [-0.15, -0.1) is 0 Å². The van der Waals surface area contributed by atoms with Crippen molar-refractivity contribution in [1.82, 2.24) is 14.9 Å². The van der Waals surface area contributed by atoms with E-state index in [4.69, 9.17) is 21.0 Å². The van der Waals surface area contributed by atoms with Gasteiger partial charge in [0.25, 0.3) is 5.56 Å². The predicted octanol–water partition coefficient (Wildman–Crippen LogP) is 4.44. The Hall–Kier alpha value is -2.44. The van der Waals surface area contributed by atoms with Gasteiger partial charge in [0.1, 0.15) is 11.4 Å². The van der Waals surface area contributed by atoms with Gasteiger partial charge in [-0.1, -0.05) is 30.9 Å². The molecule has 0 unspecified atom stereocenters. The average Bonchev–Trinajstić information content (AvgIpc) is 2.78. The van der Waals surface area contributed by atoms with E-state index in [1.165, 1.54) is 25.5 Å². The summed E-state index contributed by atoms with van der Waals surface area (Å²) >= 11 is 6.21. The second kappa shape index (κ2) is 8.24. The van der Waals surface area contributed by atoms with Crippen molar-refractivity contribution in [1.29, 1.82) is 0 Å². The molecule has 162 valence electrons. The minimum absolute atomic E-state index is 0.0388. The molecule has 2 aliphatic rings. The number of aromatic nitrogens is 2. The van der Waals surface area contributed by atoms with Crippen molar-refractivity contribution in [2.24, 2.45) is 0 Å². The number of aromatic amines is 1. The Morgan fingerprint density at radius 1 is 1.23 bits per heavy atom. The number of halogens is 1. The zero-order valence-electron chi connectivity index (χ0n) is 17.7. The zero-order valence-corrected chi connectivity index (χ0v) is 18.4. The van der Waals surface area contributed by atoms with Crippen LogP contribution in [0.25, 0.3) is 11.0 Å². The first kappa shape index (κ1) is 20.5. The third kappa shape index (κ3) is 3.94. The molecule has 1 aliphatic heterocycles. The van der Waals surface area contributed by atoms with Crippen molar-refractivity contribution in [3.05, 3.63) is 72.2 Å². The summed E-state index contributed by atoms with van der Waals surface area (Å²) in [5.74, 6) is 1.24. The molecule has 31 heavy (non-hydrogen) atoms. The number of nitrogens with one attached hydrogen (secondary N) is 1. The summed E-state index contributed by atoms with van der Waals surface area (Å²) in [7, 11) is 0. The van der Waals surface area contributed by atoms with E-state index in [-0.39, 0.29) is 11.0 Å². The normalized spacial score (nSPS) is 17.7. The molecule has 0 bridgehead atoms. The smallest absolute Gasteiger partial charge is 0.255 e. The molecule has 0 radical (unpaired) electrons. The predicted molar refractivity (Wildman–Crippen MR) is 121 cm³/mol. The summed E-state index contributed by atoms with van der Waals surface area (Å²) in [6.45, 7) is 3.54. The van der Waals surface area contributed by atoms with Gasteiger partial charge < -0.3 is 9.40 Å². The Bertz CT molecular complexity index is 1260. The molecule has 0 amide bonds. The van der Waals surface area contributed by atoms with E-state index in [0.29, 0.717) is 47.0 Å². The monoisotopic (exact) mass is 439 g/mol. The first-order valence-electron chi connectivity index (χ1n) is 11.0. The van der Waals surface area contributed by atoms with Crippen molar-refractivity contribution in [3.63, 3.8) is 0 Å². The van der Waals surface area contributed by atoms with Gasteiger partial charge in [0.05, 0.1) is 22.9 Å². The maximum absolute atomic E-state index is 13.0. The minimum Gasteiger partial charge on any atom is -0.464 e. The second-order valence-electron chi connectivity index (χ2n) is 8.86. The number of fused-ring (bicyclic) bond motifs is 2. The lowest BCUT2D eigenvalue weighted by Gasteiger charge is -2.28. The molecular weight excluding hydrogens is 414 g/mol. The molecular formula is C24H26ClN3O3. The maximum Gasteiger partial charge on any atom is 0.255 e. The van der Waals surface area contributed by atoms with Crippen LogP contribution < -0.4 is 11.0 Å². The number of H-pyrrole nitrogens is 1. The van der Waals surface area contributed by atoms with Gasteiger partial charge in [-0.3, -0.25) is 14.5 Å². The van der Waals surface area contributed by atoms with Gasteiger partial charge in [-0.05, 0) is 37.5 Å². The fourth-order valence-electron chi connectivity index (χ4n) is 4.85. The van der Waals surface area contributed by atoms with Crippen molar-refractivity contribution in [2.75, 3.05) is 6.54 Å². The summed E-state index contributed by atoms with van der Waals surface area (Å²) in [6, 6.07) is 3.46. The van der Waals surface area contributed by atoms with E-state index in [1.807, 2.05) is 6.92 Å². The van der Waals surface area contributed by atoms with Crippen LogP contribution in [0, 0.1) is 6.92 Å². The number of hydrogen-bond donors (Lipinski definition) is 1. The van der Waals surface area contributed by atoms with Crippen LogP contribution in [-0.2, 0) is 19.5 Å². The molecule has 1 N–H and O–H groups in total. The van der Waals surface area contributed by atoms with Gasteiger partial charge in [-0.2, -0.15) is 0 Å². The SMILES string of the molecule is Cc1cc2occ(CN3CCc4nc(C5CCCCC5)[nH]c(=O)c4C3)c(=O)c2cc1Cl. The Labute approximate surface area is 185 Å². The van der Waals surface area contributed by atoms with Gasteiger partial charge in [0, 0.05) is 42.6 Å². The molecule has 1 aliphatic carbocycles. The molecule has 6 nitrogen and oxygen atoms in total. The second-order valence-corrected chi connectivity index (χ2v) is 9.27. The summed E-state index contributed by atoms with van der Waals surface area (Å²) in [5.41, 5.74) is 3.49. The number of aryl methyl sites for hydroxylation is 1. The number of benzene rings is 1. The molecule has 3 heterocycles. The Kier molecular flexibility index (Phi) is 5.44. The van der Waals surface area contributed by atoms with Gasteiger partial charge in [0.2, 0.25) is 0 Å². The van der Waals surface area contributed by atoms with Crippen LogP contribution in [0.3, 0.4) is 0 Å². The van der Waals surface area contributed by atoms with Crippen LogP contribution in [0.15, 0.2) is 32.4 Å².